The number of aromatic nitrogens is 2. The third kappa shape index (κ3) is 2.61. The summed E-state index contributed by atoms with van der Waals surface area (Å²) < 4.78 is 4.17. The quantitative estimate of drug-likeness (QED) is 0.532. The van der Waals surface area contributed by atoms with Gasteiger partial charge in [-0.05, 0) is 24.4 Å². The van der Waals surface area contributed by atoms with Crippen molar-refractivity contribution >= 4 is 22.6 Å². The monoisotopic (exact) mass is 334 g/mol. The van der Waals surface area contributed by atoms with Gasteiger partial charge in [-0.3, -0.25) is 14.5 Å². The van der Waals surface area contributed by atoms with E-state index in [-0.39, 0.29) is 11.8 Å². The van der Waals surface area contributed by atoms with Gasteiger partial charge in [0, 0.05) is 29.5 Å². The van der Waals surface area contributed by atoms with Crippen LogP contribution in [0.5, 0.6) is 0 Å². The molecular formula is C20H20N3O2+. The molecule has 1 aliphatic rings. The summed E-state index contributed by atoms with van der Waals surface area (Å²) in [6.07, 6.45) is 6.80. The molecule has 0 saturated heterocycles. The summed E-state index contributed by atoms with van der Waals surface area (Å²) >= 11 is 0. The lowest BCUT2D eigenvalue weighted by molar-refractivity contribution is -0.696. The van der Waals surface area contributed by atoms with Crippen molar-refractivity contribution in [3.63, 3.8) is 0 Å². The summed E-state index contributed by atoms with van der Waals surface area (Å²) in [5, 5.41) is 1.72. The molecule has 5 heteroatoms. The Morgan fingerprint density at radius 3 is 2.28 bits per heavy atom. The first-order valence-electron chi connectivity index (χ1n) is 8.62. The average molecular weight is 334 g/mol. The van der Waals surface area contributed by atoms with E-state index >= 15 is 0 Å². The molecule has 5 nitrogen and oxygen atoms in total. The minimum Gasteiger partial charge on any atom is -0.274 e. The van der Waals surface area contributed by atoms with Gasteiger partial charge in [-0.15, -0.1) is 0 Å². The first-order valence-corrected chi connectivity index (χ1v) is 8.62. The van der Waals surface area contributed by atoms with Crippen LogP contribution in [0.1, 0.15) is 34.1 Å². The third-order valence-electron chi connectivity index (χ3n) is 4.77. The van der Waals surface area contributed by atoms with Gasteiger partial charge in [-0.2, -0.15) is 0 Å². The Bertz CT molecular complexity index is 923. The van der Waals surface area contributed by atoms with Crippen LogP contribution < -0.4 is 4.57 Å². The van der Waals surface area contributed by atoms with Crippen molar-refractivity contribution in [3.8, 4) is 0 Å². The molecule has 0 saturated carbocycles. The fraction of sp³-hybridized carbons (Fsp3) is 0.250. The van der Waals surface area contributed by atoms with Gasteiger partial charge in [-0.1, -0.05) is 24.3 Å². The summed E-state index contributed by atoms with van der Waals surface area (Å²) in [5.74, 6) is -0.379. The van der Waals surface area contributed by atoms with E-state index < -0.39 is 0 Å². The van der Waals surface area contributed by atoms with Gasteiger partial charge in [0.15, 0.2) is 0 Å². The summed E-state index contributed by atoms with van der Waals surface area (Å²) in [6.45, 7) is 4.22. The van der Waals surface area contributed by atoms with E-state index in [4.69, 9.17) is 0 Å². The number of aryl methyl sites for hydroxylation is 2. The van der Waals surface area contributed by atoms with Gasteiger partial charge in [0.25, 0.3) is 11.8 Å². The summed E-state index contributed by atoms with van der Waals surface area (Å²) in [6, 6.07) is 11.2. The number of carbonyl (C=O) groups excluding carboxylic acids is 2. The normalized spacial score (nSPS) is 13.7. The molecule has 3 aromatic rings. The molecule has 2 heterocycles. The topological polar surface area (TPSA) is 46.2 Å². The number of imidazole rings is 1. The Morgan fingerprint density at radius 2 is 1.68 bits per heavy atom. The van der Waals surface area contributed by atoms with Gasteiger partial charge in [0.2, 0.25) is 6.33 Å². The van der Waals surface area contributed by atoms with Crippen LogP contribution in [0.15, 0.2) is 55.1 Å². The number of carbonyl (C=O) groups is 2. The molecule has 2 amide bonds. The highest BCUT2D eigenvalue weighted by molar-refractivity contribution is 6.25. The van der Waals surface area contributed by atoms with E-state index in [0.29, 0.717) is 17.7 Å². The van der Waals surface area contributed by atoms with Crippen LogP contribution in [-0.2, 0) is 13.1 Å². The molecule has 0 radical (unpaired) electrons. The van der Waals surface area contributed by atoms with Gasteiger partial charge in [0.1, 0.15) is 12.4 Å². The molecule has 0 bridgehead atoms. The van der Waals surface area contributed by atoms with Gasteiger partial charge >= 0.3 is 0 Å². The molecule has 0 unspecified atom stereocenters. The molecule has 2 aromatic carbocycles. The van der Waals surface area contributed by atoms with Crippen LogP contribution in [0.25, 0.3) is 10.8 Å². The predicted octanol–water partition coefficient (Wildman–Crippen LogP) is 2.64. The number of amides is 2. The molecule has 0 N–H and O–H groups in total. The Balaban J connectivity index is 1.55. The van der Waals surface area contributed by atoms with Crippen LogP contribution in [0.2, 0.25) is 0 Å². The lowest BCUT2D eigenvalue weighted by Gasteiger charge is -2.26. The summed E-state index contributed by atoms with van der Waals surface area (Å²) in [7, 11) is 0. The largest absolute Gasteiger partial charge is 0.274 e. The molecular weight excluding hydrogens is 314 g/mol. The zero-order valence-electron chi connectivity index (χ0n) is 14.2. The first kappa shape index (κ1) is 15.6. The molecule has 4 rings (SSSR count). The predicted molar refractivity (Wildman–Crippen MR) is 94.2 cm³/mol. The fourth-order valence-electron chi connectivity index (χ4n) is 3.45. The van der Waals surface area contributed by atoms with Crippen molar-refractivity contribution in [3.05, 3.63) is 66.2 Å². The SMILES string of the molecule is CCn1cc[n+](CCCN2C(=O)c3cccc4cccc(c34)C2=O)c1. The van der Waals surface area contributed by atoms with Crippen molar-refractivity contribution in [1.29, 1.82) is 0 Å². The second kappa shape index (κ2) is 6.16. The third-order valence-corrected chi connectivity index (χ3v) is 4.77. The molecule has 0 atom stereocenters. The summed E-state index contributed by atoms with van der Waals surface area (Å²) in [4.78, 5) is 27.0. The van der Waals surface area contributed by atoms with Gasteiger partial charge < -0.3 is 0 Å². The zero-order valence-corrected chi connectivity index (χ0v) is 14.2. The van der Waals surface area contributed by atoms with Crippen LogP contribution in [0.3, 0.4) is 0 Å². The molecule has 0 fully saturated rings. The highest BCUT2D eigenvalue weighted by Gasteiger charge is 2.32. The first-order chi connectivity index (χ1) is 12.2. The maximum Gasteiger partial charge on any atom is 0.261 e. The number of hydrogen-bond acceptors (Lipinski definition) is 2. The van der Waals surface area contributed by atoms with E-state index in [0.717, 1.165) is 30.3 Å². The van der Waals surface area contributed by atoms with Crippen molar-refractivity contribution in [2.24, 2.45) is 0 Å². The van der Waals surface area contributed by atoms with Crippen LogP contribution in [-0.4, -0.2) is 27.8 Å². The van der Waals surface area contributed by atoms with E-state index in [9.17, 15) is 9.59 Å². The van der Waals surface area contributed by atoms with Gasteiger partial charge in [0.05, 0.1) is 13.1 Å². The number of imide groups is 1. The summed E-state index contributed by atoms with van der Waals surface area (Å²) in [5.41, 5.74) is 1.25. The molecule has 0 spiro atoms. The Hall–Kier alpha value is -2.95. The average Bonchev–Trinajstić information content (AvgIpc) is 3.10. The van der Waals surface area contributed by atoms with E-state index in [1.54, 1.807) is 0 Å². The molecule has 1 aromatic heterocycles. The second-order valence-electron chi connectivity index (χ2n) is 6.31. The van der Waals surface area contributed by atoms with Crippen LogP contribution in [0, 0.1) is 0 Å². The minimum absolute atomic E-state index is 0.189. The highest BCUT2D eigenvalue weighted by atomic mass is 16.2. The maximum absolute atomic E-state index is 12.8. The zero-order chi connectivity index (χ0) is 17.4. The Kier molecular flexibility index (Phi) is 3.84. The minimum atomic E-state index is -0.189. The Labute approximate surface area is 146 Å². The van der Waals surface area contributed by atoms with Crippen molar-refractivity contribution in [2.75, 3.05) is 6.54 Å². The smallest absolute Gasteiger partial charge is 0.261 e. The molecule has 1 aliphatic heterocycles. The van der Waals surface area contributed by atoms with Crippen molar-refractivity contribution in [2.45, 2.75) is 26.4 Å². The van der Waals surface area contributed by atoms with Gasteiger partial charge in [-0.25, -0.2) is 9.13 Å². The number of hydrogen-bond donors (Lipinski definition) is 0. The number of rotatable bonds is 5. The number of nitrogens with zero attached hydrogens (tertiary/aromatic N) is 3. The van der Waals surface area contributed by atoms with Crippen molar-refractivity contribution < 1.29 is 14.2 Å². The van der Waals surface area contributed by atoms with E-state index in [2.05, 4.69) is 16.1 Å². The standard InChI is InChI=1S/C20H20N3O2/c1-2-21-12-13-22(14-21)10-5-11-23-19(24)16-8-3-6-15-7-4-9-17(18(15)16)20(23)25/h3-4,6-9,12-14H,2,5,10-11H2,1H3/q+1. The highest BCUT2D eigenvalue weighted by Crippen LogP contribution is 2.29. The van der Waals surface area contributed by atoms with Crippen LogP contribution in [0.4, 0.5) is 0 Å². The van der Waals surface area contributed by atoms with E-state index in [1.807, 2.05) is 55.1 Å². The van der Waals surface area contributed by atoms with Crippen molar-refractivity contribution in [1.82, 2.24) is 9.47 Å². The lowest BCUT2D eigenvalue weighted by Crippen LogP contribution is -2.42. The molecule has 25 heavy (non-hydrogen) atoms. The maximum atomic E-state index is 12.8. The van der Waals surface area contributed by atoms with E-state index in [1.165, 1.54) is 4.90 Å². The molecule has 126 valence electrons. The lowest BCUT2D eigenvalue weighted by atomic mass is 9.94. The van der Waals surface area contributed by atoms with Crippen LogP contribution >= 0.6 is 0 Å². The Morgan fingerprint density at radius 1 is 1.00 bits per heavy atom. The second-order valence-corrected chi connectivity index (χ2v) is 6.31. The number of benzene rings is 2. The fourth-order valence-corrected chi connectivity index (χ4v) is 3.45. The molecule has 0 aliphatic carbocycles.